The minimum atomic E-state index is -5.84. The van der Waals surface area contributed by atoms with Crippen LogP contribution in [-0.4, -0.2) is 78.9 Å². The van der Waals surface area contributed by atoms with E-state index in [2.05, 4.69) is 32.6 Å². The lowest BCUT2D eigenvalue weighted by Crippen LogP contribution is -2.35. The van der Waals surface area contributed by atoms with Crippen molar-refractivity contribution in [1.82, 2.24) is 19.5 Å². The molecule has 1 aliphatic heterocycles. The number of H-pyrrole nitrogens is 1. The van der Waals surface area contributed by atoms with Crippen molar-refractivity contribution >= 4 is 48.4 Å². The summed E-state index contributed by atoms with van der Waals surface area (Å²) in [5.41, 5.74) is 4.10. The molecule has 1 aliphatic rings. The molecule has 0 bridgehead atoms. The van der Waals surface area contributed by atoms with Gasteiger partial charge in [0.25, 0.3) is 5.56 Å². The number of aromatic nitrogens is 4. The van der Waals surface area contributed by atoms with Crippen molar-refractivity contribution < 1.29 is 75.1 Å². The van der Waals surface area contributed by atoms with E-state index >= 15 is 0 Å². The van der Waals surface area contributed by atoms with Gasteiger partial charge in [-0.3, -0.25) is 23.4 Å². The number of nitrogens with two attached hydrogens (primary N) is 1. The second-order valence-electron chi connectivity index (χ2n) is 6.78. The molecule has 0 aromatic carbocycles. The van der Waals surface area contributed by atoms with Gasteiger partial charge < -0.3 is 44.9 Å². The predicted octanol–water partition coefficient (Wildman–Crippen LogP) is -2.22. The van der Waals surface area contributed by atoms with Crippen LogP contribution in [0.1, 0.15) is 6.23 Å². The number of imidazole rings is 1. The van der Waals surface area contributed by atoms with E-state index in [1.54, 1.807) is 0 Å². The molecule has 2 aromatic rings. The summed E-state index contributed by atoms with van der Waals surface area (Å²) in [4.78, 5) is 75.9. The molecular weight excluding hydrogens is 586 g/mol. The summed E-state index contributed by atoms with van der Waals surface area (Å²) < 4.78 is 67.7. The molecule has 0 spiro atoms. The molecule has 4 unspecified atom stereocenters. The van der Waals surface area contributed by atoms with E-state index in [4.69, 9.17) is 20.3 Å². The second kappa shape index (κ2) is 10.0. The molecule has 204 valence electrons. The number of aliphatic hydroxyl groups excluding tert-OH is 1. The second-order valence-corrected chi connectivity index (χ2v) is 12.4. The molecule has 1 saturated heterocycles. The molecule has 36 heavy (non-hydrogen) atoms. The Morgan fingerprint density at radius 3 is 2.28 bits per heavy atom. The van der Waals surface area contributed by atoms with Gasteiger partial charge in [0.05, 0.1) is 12.9 Å². The van der Waals surface area contributed by atoms with E-state index < -0.39 is 68.0 Å². The van der Waals surface area contributed by atoms with Crippen LogP contribution in [-0.2, 0) is 40.7 Å². The predicted molar refractivity (Wildman–Crippen MR) is 109 cm³/mol. The highest BCUT2D eigenvalue weighted by molar-refractivity contribution is 7.66. The summed E-state index contributed by atoms with van der Waals surface area (Å²) in [6.07, 6.45) is -6.54. The van der Waals surface area contributed by atoms with Crippen LogP contribution < -0.4 is 11.3 Å². The lowest BCUT2D eigenvalue weighted by Gasteiger charge is -2.22. The van der Waals surface area contributed by atoms with Crippen LogP contribution in [0.3, 0.4) is 0 Å². The number of phosphoric acid groups is 4. The van der Waals surface area contributed by atoms with E-state index in [0.717, 1.165) is 10.9 Å². The summed E-state index contributed by atoms with van der Waals surface area (Å²) in [5, 5.41) is 10.5. The minimum Gasteiger partial charge on any atom is -0.387 e. The lowest BCUT2D eigenvalue weighted by atomic mass is 10.1. The Hall–Kier alpha value is -1.41. The average Bonchev–Trinajstić information content (AvgIpc) is 3.18. The Bertz CT molecular complexity index is 1380. The highest BCUT2D eigenvalue weighted by Gasteiger charge is 2.50. The smallest absolute Gasteiger partial charge is 0.387 e. The first-order valence-electron chi connectivity index (χ1n) is 8.85. The zero-order valence-electron chi connectivity index (χ0n) is 17.0. The highest BCUT2D eigenvalue weighted by atomic mass is 31.3. The van der Waals surface area contributed by atoms with Gasteiger partial charge in [-0.2, -0.15) is 13.6 Å². The molecule has 22 nitrogen and oxygen atoms in total. The van der Waals surface area contributed by atoms with Crippen LogP contribution in [0.15, 0.2) is 11.1 Å². The van der Waals surface area contributed by atoms with Crippen molar-refractivity contribution in [2.24, 2.45) is 0 Å². The summed E-state index contributed by atoms with van der Waals surface area (Å²) >= 11 is 0. The third-order valence-corrected chi connectivity index (χ3v) is 8.44. The maximum Gasteiger partial charge on any atom is 0.490 e. The number of aromatic amines is 1. The van der Waals surface area contributed by atoms with E-state index in [0.29, 0.717) is 0 Å². The fourth-order valence-electron chi connectivity index (χ4n) is 2.95. The highest BCUT2D eigenvalue weighted by Crippen LogP contribution is 2.66. The Balaban J connectivity index is 1.85. The first-order valence-corrected chi connectivity index (χ1v) is 14.9. The lowest BCUT2D eigenvalue weighted by molar-refractivity contribution is -0.0497. The topological polar surface area (TPSA) is 346 Å². The SMILES string of the molecule is Nc1nc2c(ncn2[C@@H]2O[C@H](COP(=O)(O)OP(=O)(O)OP(=O)(O)O)C(O)C2OP(=O)(O)O)c(=O)[nH]1. The van der Waals surface area contributed by atoms with Crippen molar-refractivity contribution in [2.45, 2.75) is 24.5 Å². The number of hydrogen-bond donors (Lipinski definition) is 9. The average molecular weight is 603 g/mol. The molecule has 0 amide bonds. The standard InChI is InChI=1S/C10H17N5O17P4/c11-10-13-7-4(8(17)14-10)12-2-15(7)9-6(30-33(18,19)20)5(16)3(29-9)1-28-35(24,25)32-36(26,27)31-34(21,22)23/h2-3,5-6,9,16H,1H2,(H,24,25)(H,26,27)(H2,18,19,20)(H2,21,22,23)(H3,11,13,14,17)/t3-,5?,6?,9-/m1/s1. The summed E-state index contributed by atoms with van der Waals surface area (Å²) in [7, 11) is -22.4. The Labute approximate surface area is 197 Å². The molecule has 6 atom stereocenters. The Morgan fingerprint density at radius 1 is 1.06 bits per heavy atom. The molecule has 2 aromatic heterocycles. The quantitative estimate of drug-likeness (QED) is 0.130. The molecule has 0 radical (unpaired) electrons. The van der Waals surface area contributed by atoms with E-state index in [9.17, 15) is 47.7 Å². The first-order chi connectivity index (χ1) is 16.3. The molecule has 10 N–H and O–H groups in total. The number of anilines is 1. The summed E-state index contributed by atoms with van der Waals surface area (Å²) in [6.45, 7) is -1.19. The maximum atomic E-state index is 12.0. The first kappa shape index (κ1) is 29.2. The number of ether oxygens (including phenoxy) is 1. The van der Waals surface area contributed by atoms with Crippen LogP contribution in [0.25, 0.3) is 11.2 Å². The van der Waals surface area contributed by atoms with E-state index in [1.807, 2.05) is 0 Å². The molecule has 1 fully saturated rings. The van der Waals surface area contributed by atoms with Gasteiger partial charge in [-0.25, -0.2) is 23.2 Å². The number of hydrogen-bond acceptors (Lipinski definition) is 14. The summed E-state index contributed by atoms with van der Waals surface area (Å²) in [6, 6.07) is 0. The number of nitrogens with one attached hydrogen (secondary N) is 1. The Morgan fingerprint density at radius 2 is 1.69 bits per heavy atom. The third kappa shape index (κ3) is 7.33. The monoisotopic (exact) mass is 603 g/mol. The fourth-order valence-corrected chi connectivity index (χ4v) is 6.53. The zero-order valence-corrected chi connectivity index (χ0v) is 20.6. The third-order valence-electron chi connectivity index (χ3n) is 4.11. The molecule has 26 heteroatoms. The van der Waals surface area contributed by atoms with Crippen LogP contribution >= 0.6 is 31.3 Å². The molecule has 0 aliphatic carbocycles. The van der Waals surface area contributed by atoms with Crippen LogP contribution in [0.2, 0.25) is 0 Å². The van der Waals surface area contributed by atoms with Gasteiger partial charge in [0, 0.05) is 0 Å². The van der Waals surface area contributed by atoms with Crippen LogP contribution in [0.5, 0.6) is 0 Å². The van der Waals surface area contributed by atoms with Crippen molar-refractivity contribution in [2.75, 3.05) is 12.3 Å². The van der Waals surface area contributed by atoms with Crippen molar-refractivity contribution in [1.29, 1.82) is 0 Å². The zero-order chi connectivity index (χ0) is 27.3. The van der Waals surface area contributed by atoms with Crippen molar-refractivity contribution in [3.05, 3.63) is 16.7 Å². The van der Waals surface area contributed by atoms with Gasteiger partial charge in [-0.1, -0.05) is 0 Å². The van der Waals surface area contributed by atoms with Gasteiger partial charge in [-0.15, -0.1) is 0 Å². The van der Waals surface area contributed by atoms with Gasteiger partial charge in [-0.05, 0) is 0 Å². The molecule has 3 rings (SSSR count). The van der Waals surface area contributed by atoms with Gasteiger partial charge in [0.15, 0.2) is 17.4 Å². The molecule has 3 heterocycles. The van der Waals surface area contributed by atoms with E-state index in [-0.39, 0.29) is 17.1 Å². The van der Waals surface area contributed by atoms with Crippen molar-refractivity contribution in [3.8, 4) is 0 Å². The number of aliphatic hydroxyl groups is 1. The Kier molecular flexibility index (Phi) is 8.14. The number of nitrogens with zero attached hydrogens (tertiary/aromatic N) is 3. The van der Waals surface area contributed by atoms with Gasteiger partial charge >= 0.3 is 31.3 Å². The van der Waals surface area contributed by atoms with Gasteiger partial charge in [0.1, 0.15) is 18.3 Å². The number of fused-ring (bicyclic) bond motifs is 1. The number of rotatable bonds is 10. The molecule has 0 saturated carbocycles. The maximum absolute atomic E-state index is 12.0. The molecular formula is C10H17N5O17P4. The normalized spacial score (nSPS) is 26.6. The minimum absolute atomic E-state index is 0.277. The van der Waals surface area contributed by atoms with Crippen molar-refractivity contribution in [3.63, 3.8) is 0 Å². The van der Waals surface area contributed by atoms with Crippen LogP contribution in [0, 0.1) is 0 Å². The van der Waals surface area contributed by atoms with E-state index in [1.165, 1.54) is 0 Å². The van der Waals surface area contributed by atoms with Gasteiger partial charge in [0.2, 0.25) is 5.95 Å². The summed E-state index contributed by atoms with van der Waals surface area (Å²) in [5.74, 6) is -0.385. The largest absolute Gasteiger partial charge is 0.490 e. The fraction of sp³-hybridized carbons (Fsp3) is 0.500. The number of nitrogen functional groups attached to an aromatic ring is 1. The number of phosphoric ester groups is 2. The van der Waals surface area contributed by atoms with Crippen LogP contribution in [0.4, 0.5) is 5.95 Å².